The molecule has 0 saturated carbocycles. The number of nitrogens with two attached hydrogens (primary N) is 5. The van der Waals surface area contributed by atoms with Gasteiger partial charge in [0.15, 0.2) is 35.4 Å². The fourth-order valence-corrected chi connectivity index (χ4v) is 11.2. The summed E-state index contributed by atoms with van der Waals surface area (Å²) in [6, 6.07) is 0. The molecule has 0 aliphatic carbocycles. The number of quaternary nitrogens is 3. The standard InChI is InChI=1S/C10H16N5O13P3.C10H15N5O10P2.3C6H15NO2/c11-8-5-9(13-2-12-8)15(3-14-5)10-7(17)6(16)4(26-10)1-25-30(21,22)28-31(23,24)27-29(18,19)20;11-8-5-9(13-2-12-8)15(3-14-5)10-7(17)6(16)4(24-10)1-23-27(21,22)25-26(18,19)20;3*1-8-5-3-7-4-6-9-2/h2-4,6-7,10,16-17H,1H2,(H,21,22)(H,23,24)(H2,11,12,13)(H2,18,19,20);2-4,6-7,10,16-17H,1H2,(H,21,22)(H2,11,12,13)(H2,18,19,20);3*7H,3-6H2,1-2H3/t2*4-,6-,7-,10-;;;/m11.../s1. The highest BCUT2D eigenvalue weighted by Crippen LogP contribution is 2.61. The predicted octanol–water partition coefficient (Wildman–Crippen LogP) is -8.74. The van der Waals surface area contributed by atoms with Crippen LogP contribution in [0.3, 0.4) is 0 Å². The van der Waals surface area contributed by atoms with Crippen LogP contribution in [0.15, 0.2) is 25.3 Å². The number of aliphatic hydroxyl groups is 4. The lowest BCUT2D eigenvalue weighted by atomic mass is 10.1. The minimum Gasteiger partial charge on any atom is -0.756 e. The van der Waals surface area contributed by atoms with Gasteiger partial charge in [0, 0.05) is 42.7 Å². The van der Waals surface area contributed by atoms with Gasteiger partial charge in [-0.05, 0) is 0 Å². The van der Waals surface area contributed by atoms with Crippen molar-refractivity contribution in [3.05, 3.63) is 25.3 Å². The highest BCUT2D eigenvalue weighted by atomic mass is 31.3. The van der Waals surface area contributed by atoms with Gasteiger partial charge in [-0.2, -0.15) is 4.31 Å². The monoisotopic (exact) mass is 1330 g/mol. The summed E-state index contributed by atoms with van der Waals surface area (Å²) in [6.45, 7) is 9.23. The maximum atomic E-state index is 11.6. The van der Waals surface area contributed by atoms with Crippen molar-refractivity contribution in [3.63, 3.8) is 0 Å². The van der Waals surface area contributed by atoms with Crippen LogP contribution in [-0.2, 0) is 82.7 Å². The lowest BCUT2D eigenvalue weighted by molar-refractivity contribution is -0.657. The van der Waals surface area contributed by atoms with Crippen molar-refractivity contribution in [1.29, 1.82) is 0 Å². The number of fused-ring (bicyclic) bond motifs is 2. The Morgan fingerprint density at radius 2 is 0.847 bits per heavy atom. The molecule has 12 atom stereocenters. The van der Waals surface area contributed by atoms with Crippen LogP contribution in [-0.4, -0.2) is 250 Å². The Morgan fingerprint density at radius 3 is 1.16 bits per heavy atom. The molecule has 4 aromatic heterocycles. The zero-order valence-electron chi connectivity index (χ0n) is 46.7. The SMILES string of the molecule is COCC[NH2+]CCOC.COCC[NH2+]CCOC.COCC[NH2+]CCOC.Nc1ncnc2c1ncn2[C@@H]1O[C@H](COP(=O)(O)OP(=O)(O)O)[C@@H](O)[C@H]1O.Nc1ncnc2c1ncn2[C@@H]1O[C@H](COP(=O)([O-])OP(=O)([O-])OP(=O)([O-])O)[C@@H](O)[C@H]1O. The van der Waals surface area contributed by atoms with Crippen molar-refractivity contribution in [1.82, 2.24) is 39.0 Å². The first kappa shape index (κ1) is 77.9. The number of aromatic nitrogens is 8. The maximum absolute atomic E-state index is 11.6. The summed E-state index contributed by atoms with van der Waals surface area (Å²) in [6.07, 6.45) is -7.14. The number of hydrogen-bond acceptors (Lipinski definition) is 33. The van der Waals surface area contributed by atoms with Gasteiger partial charge in [0.2, 0.25) is 0 Å². The topological polar surface area (TPSA) is 625 Å². The van der Waals surface area contributed by atoms with Crippen molar-refractivity contribution in [2.24, 2.45) is 0 Å². The second kappa shape index (κ2) is 39.0. The van der Waals surface area contributed by atoms with E-state index in [1.807, 2.05) is 0 Å². The molecule has 0 radical (unpaired) electrons. The minimum absolute atomic E-state index is 0.0240. The van der Waals surface area contributed by atoms with Crippen LogP contribution in [0.25, 0.3) is 22.3 Å². The number of phosphoric acid groups is 5. The van der Waals surface area contributed by atoms with Gasteiger partial charge in [-0.3, -0.25) is 27.4 Å². The van der Waals surface area contributed by atoms with E-state index in [2.05, 4.69) is 67.8 Å². The normalized spacial score (nSPS) is 23.2. The van der Waals surface area contributed by atoms with Crippen LogP contribution in [0.5, 0.6) is 0 Å². The molecular weight excluding hydrogens is 1260 g/mol. The summed E-state index contributed by atoms with van der Waals surface area (Å²) in [5.41, 5.74) is 12.0. The van der Waals surface area contributed by atoms with Crippen molar-refractivity contribution >= 4 is 73.1 Å². The molecule has 6 heterocycles. The van der Waals surface area contributed by atoms with E-state index >= 15 is 0 Å². The van der Waals surface area contributed by atoms with Gasteiger partial charge in [-0.1, -0.05) is 0 Å². The number of rotatable bonds is 32. The lowest BCUT2D eigenvalue weighted by Crippen LogP contribution is -2.86. The quantitative estimate of drug-likeness (QED) is 0.0159. The highest BCUT2D eigenvalue weighted by Gasteiger charge is 2.47. The molecule has 4 unspecified atom stereocenters. The Bertz CT molecular complexity index is 2720. The molecule has 0 amide bonds. The average Bonchev–Trinajstić information content (AvgIpc) is 2.00. The van der Waals surface area contributed by atoms with Crippen LogP contribution in [0, 0.1) is 0 Å². The number of hydrogen-bond donors (Lipinski definition) is 13. The summed E-state index contributed by atoms with van der Waals surface area (Å²) in [7, 11) is -17.9. The number of nitrogen functional groups attached to an aromatic ring is 2. The van der Waals surface area contributed by atoms with Gasteiger partial charge >= 0.3 is 15.6 Å². The molecule has 47 heteroatoms. The zero-order chi connectivity index (χ0) is 64.0. The van der Waals surface area contributed by atoms with Crippen LogP contribution < -0.4 is 42.1 Å². The van der Waals surface area contributed by atoms with E-state index in [-0.39, 0.29) is 34.0 Å². The number of aliphatic hydroxyl groups excluding tert-OH is 4. The second-order valence-electron chi connectivity index (χ2n) is 17.0. The largest absolute Gasteiger partial charge is 0.756 e. The van der Waals surface area contributed by atoms with Crippen molar-refractivity contribution in [3.8, 4) is 0 Å². The first-order valence-electron chi connectivity index (χ1n) is 24.7. The molecule has 492 valence electrons. The molecule has 18 N–H and O–H groups in total. The number of methoxy groups -OCH3 is 6. The van der Waals surface area contributed by atoms with Gasteiger partial charge in [0.05, 0.1) is 105 Å². The van der Waals surface area contributed by atoms with Crippen LogP contribution in [0.1, 0.15) is 12.5 Å². The van der Waals surface area contributed by atoms with E-state index in [0.717, 1.165) is 91.6 Å². The van der Waals surface area contributed by atoms with Crippen LogP contribution >= 0.6 is 39.1 Å². The fraction of sp³-hybridized carbons (Fsp3) is 0.737. The first-order chi connectivity index (χ1) is 39.9. The average molecular weight is 1330 g/mol. The van der Waals surface area contributed by atoms with Gasteiger partial charge in [0.25, 0.3) is 23.5 Å². The second-order valence-corrected chi connectivity index (χ2v) is 24.1. The van der Waals surface area contributed by atoms with Gasteiger partial charge in [0.1, 0.15) is 60.3 Å². The Morgan fingerprint density at radius 1 is 0.506 bits per heavy atom. The molecule has 0 spiro atoms. The Hall–Kier alpha value is -3.23. The molecule has 2 aliphatic heterocycles. The minimum atomic E-state index is -6.08. The third kappa shape index (κ3) is 29.3. The van der Waals surface area contributed by atoms with E-state index in [9.17, 15) is 62.8 Å². The molecule has 2 fully saturated rings. The first-order valence-corrected chi connectivity index (χ1v) is 32.1. The molecule has 2 aliphatic rings. The summed E-state index contributed by atoms with van der Waals surface area (Å²) < 4.78 is 116. The highest BCUT2D eigenvalue weighted by molar-refractivity contribution is 7.65. The van der Waals surface area contributed by atoms with Crippen molar-refractivity contribution < 1.29 is 153 Å². The number of ether oxygens (including phenoxy) is 8. The molecule has 6 rings (SSSR count). The van der Waals surface area contributed by atoms with Crippen molar-refractivity contribution in [2.45, 2.75) is 49.1 Å². The molecule has 4 aromatic rings. The molecule has 85 heavy (non-hydrogen) atoms. The van der Waals surface area contributed by atoms with E-state index in [1.54, 1.807) is 42.7 Å². The molecular formula is C38H76N13O29P5. The van der Waals surface area contributed by atoms with Gasteiger partial charge < -0.3 is 125 Å². The summed E-state index contributed by atoms with van der Waals surface area (Å²) >= 11 is 0. The van der Waals surface area contributed by atoms with Crippen LogP contribution in [0.2, 0.25) is 0 Å². The molecule has 42 nitrogen and oxygen atoms in total. The molecule has 2 saturated heterocycles. The number of nitrogens with zero attached hydrogens (tertiary/aromatic N) is 8. The zero-order valence-corrected chi connectivity index (χ0v) is 51.2. The summed E-state index contributed by atoms with van der Waals surface area (Å²) in [5.74, 6) is 0.110. The Kier molecular flexibility index (Phi) is 35.7. The van der Waals surface area contributed by atoms with E-state index in [0.29, 0.717) is 0 Å². The summed E-state index contributed by atoms with van der Waals surface area (Å²) in [4.78, 5) is 91.2. The van der Waals surface area contributed by atoms with Gasteiger partial charge in [-0.25, -0.2) is 47.7 Å². The predicted molar refractivity (Wildman–Crippen MR) is 280 cm³/mol. The number of anilines is 2. The lowest BCUT2D eigenvalue weighted by Gasteiger charge is -2.33. The van der Waals surface area contributed by atoms with Crippen LogP contribution in [0.4, 0.5) is 11.6 Å². The third-order valence-electron chi connectivity index (χ3n) is 10.6. The Labute approximate surface area is 485 Å². The van der Waals surface area contributed by atoms with Crippen molar-refractivity contribution in [2.75, 3.05) is 146 Å². The van der Waals surface area contributed by atoms with Gasteiger partial charge in [-0.15, -0.1) is 0 Å². The van der Waals surface area contributed by atoms with E-state index in [1.165, 1.54) is 21.8 Å². The Balaban J connectivity index is 0.000000409. The van der Waals surface area contributed by atoms with E-state index in [4.69, 9.17) is 64.0 Å². The molecule has 0 aromatic carbocycles. The number of imidazole rings is 2. The summed E-state index contributed by atoms with van der Waals surface area (Å²) in [5, 5.41) is 47.1. The number of phosphoric ester groups is 2. The van der Waals surface area contributed by atoms with E-state index < -0.39 is 101 Å². The maximum Gasteiger partial charge on any atom is 0.481 e. The molecule has 0 bridgehead atoms. The fourth-order valence-electron chi connectivity index (χ4n) is 6.72. The smallest absolute Gasteiger partial charge is 0.481 e. The third-order valence-corrected chi connectivity index (χ3v) is 16.4.